The van der Waals surface area contributed by atoms with Gasteiger partial charge in [-0.1, -0.05) is 0 Å². The molecule has 122 valence electrons. The maximum absolute atomic E-state index is 13.3. The molecule has 1 aliphatic rings. The van der Waals surface area contributed by atoms with Crippen molar-refractivity contribution in [3.05, 3.63) is 58.1 Å². The highest BCUT2D eigenvalue weighted by atomic mass is 19.1. The third-order valence-corrected chi connectivity index (χ3v) is 4.35. The number of benzene rings is 1. The number of anilines is 1. The molecule has 3 rings (SSSR count). The monoisotopic (exact) mass is 319 g/mol. The Kier molecular flexibility index (Phi) is 4.41. The predicted octanol–water partition coefficient (Wildman–Crippen LogP) is 2.52. The molecule has 1 fully saturated rings. The summed E-state index contributed by atoms with van der Waals surface area (Å²) in [6.45, 7) is 1.65. The van der Waals surface area contributed by atoms with Crippen LogP contribution < -0.4 is 10.5 Å². The number of hydrogen-bond donors (Lipinski definition) is 0. The van der Waals surface area contributed by atoms with Gasteiger partial charge in [-0.15, -0.1) is 0 Å². The van der Waals surface area contributed by atoms with Crippen LogP contribution in [0.5, 0.6) is 0 Å². The normalized spacial score (nSPS) is 15.9. The zero-order chi connectivity index (χ0) is 16.4. The highest BCUT2D eigenvalue weighted by Crippen LogP contribution is 2.24. The maximum atomic E-state index is 13.3. The molecule has 0 saturated carbocycles. The molecule has 0 radical (unpaired) electrons. The van der Waals surface area contributed by atoms with Crippen LogP contribution in [-0.2, 0) is 13.5 Å². The Bertz CT molecular complexity index is 731. The Balaban J connectivity index is 1.61. The van der Waals surface area contributed by atoms with E-state index in [1.54, 1.807) is 13.2 Å². The zero-order valence-electron chi connectivity index (χ0n) is 13.0. The Hall–Kier alpha value is -2.24. The van der Waals surface area contributed by atoms with Crippen LogP contribution in [-0.4, -0.2) is 22.6 Å². The van der Waals surface area contributed by atoms with Crippen molar-refractivity contribution < 1.29 is 8.78 Å². The molecule has 1 saturated heterocycles. The van der Waals surface area contributed by atoms with Crippen molar-refractivity contribution in [1.29, 1.82) is 0 Å². The second-order valence-electron chi connectivity index (χ2n) is 6.11. The SMILES string of the molecule is Cn1cc(N2CCC(Cc3cc(F)cc(F)c3)CC2)ncc1=O. The first-order chi connectivity index (χ1) is 11.0. The summed E-state index contributed by atoms with van der Waals surface area (Å²) >= 11 is 0. The molecule has 4 nitrogen and oxygen atoms in total. The lowest BCUT2D eigenvalue weighted by Gasteiger charge is -2.32. The van der Waals surface area contributed by atoms with E-state index in [-0.39, 0.29) is 5.56 Å². The second kappa shape index (κ2) is 6.48. The standard InChI is InChI=1S/C17H19F2N3O/c1-21-11-16(20-10-17(21)23)22-4-2-12(3-5-22)6-13-7-14(18)9-15(19)8-13/h7-12H,2-6H2,1H3. The van der Waals surface area contributed by atoms with E-state index >= 15 is 0 Å². The number of piperidine rings is 1. The zero-order valence-corrected chi connectivity index (χ0v) is 13.0. The molecule has 23 heavy (non-hydrogen) atoms. The van der Waals surface area contributed by atoms with Crippen LogP contribution in [0.25, 0.3) is 0 Å². The Morgan fingerprint density at radius 2 is 1.83 bits per heavy atom. The molecule has 1 aromatic carbocycles. The van der Waals surface area contributed by atoms with Crippen molar-refractivity contribution in [2.75, 3.05) is 18.0 Å². The average molecular weight is 319 g/mol. The lowest BCUT2D eigenvalue weighted by Crippen LogP contribution is -2.35. The highest BCUT2D eigenvalue weighted by Gasteiger charge is 2.21. The van der Waals surface area contributed by atoms with Crippen molar-refractivity contribution in [2.45, 2.75) is 19.3 Å². The van der Waals surface area contributed by atoms with Gasteiger partial charge in [-0.2, -0.15) is 0 Å². The fraction of sp³-hybridized carbons (Fsp3) is 0.412. The van der Waals surface area contributed by atoms with Gasteiger partial charge in [0, 0.05) is 32.4 Å². The van der Waals surface area contributed by atoms with E-state index in [0.29, 0.717) is 17.9 Å². The molecule has 0 N–H and O–H groups in total. The van der Waals surface area contributed by atoms with E-state index in [1.807, 2.05) is 0 Å². The molecule has 0 amide bonds. The fourth-order valence-electron chi connectivity index (χ4n) is 3.07. The van der Waals surface area contributed by atoms with Gasteiger partial charge in [-0.3, -0.25) is 4.79 Å². The van der Waals surface area contributed by atoms with Crippen LogP contribution in [0.15, 0.2) is 35.4 Å². The summed E-state index contributed by atoms with van der Waals surface area (Å²) in [6, 6.07) is 3.71. The van der Waals surface area contributed by atoms with Gasteiger partial charge in [-0.25, -0.2) is 13.8 Å². The van der Waals surface area contributed by atoms with Crippen LogP contribution >= 0.6 is 0 Å². The Labute approximate surface area is 133 Å². The fourth-order valence-corrected chi connectivity index (χ4v) is 3.07. The molecule has 0 unspecified atom stereocenters. The third-order valence-electron chi connectivity index (χ3n) is 4.35. The molecular weight excluding hydrogens is 300 g/mol. The smallest absolute Gasteiger partial charge is 0.268 e. The summed E-state index contributed by atoms with van der Waals surface area (Å²) in [5.41, 5.74) is 0.581. The van der Waals surface area contributed by atoms with E-state index in [1.165, 1.54) is 22.9 Å². The summed E-state index contributed by atoms with van der Waals surface area (Å²) in [7, 11) is 1.71. The van der Waals surface area contributed by atoms with Crippen molar-refractivity contribution in [3.8, 4) is 0 Å². The van der Waals surface area contributed by atoms with E-state index in [0.717, 1.165) is 37.8 Å². The first kappa shape index (κ1) is 15.6. The minimum Gasteiger partial charge on any atom is -0.355 e. The average Bonchev–Trinajstić information content (AvgIpc) is 2.50. The van der Waals surface area contributed by atoms with E-state index in [9.17, 15) is 13.6 Å². The van der Waals surface area contributed by atoms with Gasteiger partial charge in [0.2, 0.25) is 0 Å². The summed E-state index contributed by atoms with van der Waals surface area (Å²) in [5, 5.41) is 0. The van der Waals surface area contributed by atoms with Gasteiger partial charge in [0.25, 0.3) is 5.56 Å². The molecule has 6 heteroatoms. The van der Waals surface area contributed by atoms with E-state index < -0.39 is 11.6 Å². The minimum atomic E-state index is -0.521. The summed E-state index contributed by atoms with van der Waals surface area (Å²) in [5.74, 6) is 0.154. The molecule has 0 atom stereocenters. The molecule has 0 bridgehead atoms. The molecule has 2 heterocycles. The van der Waals surface area contributed by atoms with Crippen molar-refractivity contribution >= 4 is 5.82 Å². The molecule has 1 aliphatic heterocycles. The molecular formula is C17H19F2N3O. The van der Waals surface area contributed by atoms with Gasteiger partial charge >= 0.3 is 0 Å². The summed E-state index contributed by atoms with van der Waals surface area (Å²) in [4.78, 5) is 17.7. The largest absolute Gasteiger partial charge is 0.355 e. The highest BCUT2D eigenvalue weighted by molar-refractivity contribution is 5.36. The van der Waals surface area contributed by atoms with E-state index in [4.69, 9.17) is 0 Å². The molecule has 0 spiro atoms. The summed E-state index contributed by atoms with van der Waals surface area (Å²) in [6.07, 6.45) is 5.62. The minimum absolute atomic E-state index is 0.128. The van der Waals surface area contributed by atoms with E-state index in [2.05, 4.69) is 9.88 Å². The lowest BCUT2D eigenvalue weighted by molar-refractivity contribution is 0.400. The number of hydrogen-bond acceptors (Lipinski definition) is 3. The number of aryl methyl sites for hydroxylation is 1. The first-order valence-electron chi connectivity index (χ1n) is 7.74. The molecule has 2 aromatic rings. The third kappa shape index (κ3) is 3.75. The lowest BCUT2D eigenvalue weighted by atomic mass is 9.90. The Morgan fingerprint density at radius 1 is 1.17 bits per heavy atom. The Morgan fingerprint density at radius 3 is 2.43 bits per heavy atom. The second-order valence-corrected chi connectivity index (χ2v) is 6.11. The summed E-state index contributed by atoms with van der Waals surface area (Å²) < 4.78 is 28.0. The number of nitrogens with zero attached hydrogens (tertiary/aromatic N) is 3. The number of halogens is 2. The van der Waals surface area contributed by atoms with Crippen LogP contribution in [0.4, 0.5) is 14.6 Å². The van der Waals surface area contributed by atoms with Gasteiger partial charge in [0.15, 0.2) is 0 Å². The number of rotatable bonds is 3. The topological polar surface area (TPSA) is 38.1 Å². The first-order valence-corrected chi connectivity index (χ1v) is 7.74. The van der Waals surface area contributed by atoms with Crippen molar-refractivity contribution in [1.82, 2.24) is 9.55 Å². The van der Waals surface area contributed by atoms with Crippen LogP contribution in [0.1, 0.15) is 18.4 Å². The maximum Gasteiger partial charge on any atom is 0.268 e. The van der Waals surface area contributed by atoms with Gasteiger partial charge in [0.1, 0.15) is 17.5 Å². The van der Waals surface area contributed by atoms with Crippen LogP contribution in [0.3, 0.4) is 0 Å². The van der Waals surface area contributed by atoms with Gasteiger partial charge < -0.3 is 9.47 Å². The number of aromatic nitrogens is 2. The molecule has 0 aliphatic carbocycles. The van der Waals surface area contributed by atoms with Crippen molar-refractivity contribution in [2.24, 2.45) is 13.0 Å². The quantitative estimate of drug-likeness (QED) is 0.872. The van der Waals surface area contributed by atoms with Crippen LogP contribution in [0, 0.1) is 17.6 Å². The predicted molar refractivity (Wildman–Crippen MR) is 84.5 cm³/mol. The van der Waals surface area contributed by atoms with Gasteiger partial charge in [-0.05, 0) is 42.9 Å². The van der Waals surface area contributed by atoms with Crippen LogP contribution in [0.2, 0.25) is 0 Å². The van der Waals surface area contributed by atoms with Gasteiger partial charge in [0.05, 0.1) is 6.20 Å². The van der Waals surface area contributed by atoms with Crippen molar-refractivity contribution in [3.63, 3.8) is 0 Å². The molecule has 1 aromatic heterocycles.